The topological polar surface area (TPSA) is 36.4 Å². The van der Waals surface area contributed by atoms with E-state index in [-0.39, 0.29) is 0 Å². The molecule has 2 N–H and O–H groups in total. The predicted molar refractivity (Wildman–Crippen MR) is 158 cm³/mol. The lowest BCUT2D eigenvalue weighted by atomic mass is 9.99. The van der Waals surface area contributed by atoms with Gasteiger partial charge in [0.25, 0.3) is 0 Å². The molecule has 37 heavy (non-hydrogen) atoms. The molecule has 0 aliphatic heterocycles. The van der Waals surface area contributed by atoms with E-state index >= 15 is 0 Å². The summed E-state index contributed by atoms with van der Waals surface area (Å²) in [5.74, 6) is 0. The minimum atomic E-state index is 0.920. The third kappa shape index (κ3) is 6.14. The van der Waals surface area contributed by atoms with Crippen molar-refractivity contribution in [2.75, 3.05) is 10.6 Å². The van der Waals surface area contributed by atoms with Gasteiger partial charge >= 0.3 is 0 Å². The summed E-state index contributed by atoms with van der Waals surface area (Å²) >= 11 is 0. The van der Waals surface area contributed by atoms with Gasteiger partial charge in [-0.3, -0.25) is 0 Å². The van der Waals surface area contributed by atoms with E-state index in [1.165, 1.54) is 16.7 Å². The van der Waals surface area contributed by atoms with Gasteiger partial charge in [-0.2, -0.15) is 0 Å². The van der Waals surface area contributed by atoms with Crippen LogP contribution in [0.3, 0.4) is 0 Å². The maximum atomic E-state index is 5.16. The molecule has 0 fully saturated rings. The summed E-state index contributed by atoms with van der Waals surface area (Å²) in [6, 6.07) is 42.0. The van der Waals surface area contributed by atoms with Crippen LogP contribution in [0.4, 0.5) is 28.4 Å². The van der Waals surface area contributed by atoms with Crippen LogP contribution in [0, 0.1) is 20.8 Å². The van der Waals surface area contributed by atoms with E-state index in [1.807, 2.05) is 0 Å². The summed E-state index contributed by atoms with van der Waals surface area (Å²) in [5, 5.41) is 7.12. The van der Waals surface area contributed by atoms with Crippen LogP contribution in [0.1, 0.15) is 27.8 Å². The number of aliphatic imine (C=N–C) groups is 1. The number of aryl methyl sites for hydroxylation is 3. The second-order valence-corrected chi connectivity index (χ2v) is 9.41. The third-order valence-corrected chi connectivity index (χ3v) is 6.19. The minimum absolute atomic E-state index is 0.920. The highest BCUT2D eigenvalue weighted by atomic mass is 14.9. The van der Waals surface area contributed by atoms with Crippen LogP contribution in [-0.4, -0.2) is 5.71 Å². The molecule has 3 heteroatoms. The Kier molecular flexibility index (Phi) is 7.14. The number of hydrogen-bond acceptors (Lipinski definition) is 3. The number of nitrogens with zero attached hydrogens (tertiary/aromatic N) is 1. The van der Waals surface area contributed by atoms with Gasteiger partial charge in [-0.15, -0.1) is 0 Å². The summed E-state index contributed by atoms with van der Waals surface area (Å²) < 4.78 is 0. The summed E-state index contributed by atoms with van der Waals surface area (Å²) in [5.41, 5.74) is 11.8. The molecule has 0 atom stereocenters. The Balaban J connectivity index is 1.55. The zero-order valence-electron chi connectivity index (χ0n) is 21.5. The monoisotopic (exact) mass is 481 g/mol. The highest BCUT2D eigenvalue weighted by Gasteiger charge is 2.13. The van der Waals surface area contributed by atoms with Crippen LogP contribution in [0.25, 0.3) is 0 Å². The molecule has 0 spiro atoms. The van der Waals surface area contributed by atoms with Crippen LogP contribution in [0.2, 0.25) is 0 Å². The van der Waals surface area contributed by atoms with E-state index in [0.717, 1.165) is 45.3 Å². The fourth-order valence-electron chi connectivity index (χ4n) is 4.38. The molecule has 0 saturated heterocycles. The lowest BCUT2D eigenvalue weighted by Gasteiger charge is -2.16. The summed E-state index contributed by atoms with van der Waals surface area (Å²) in [6.07, 6.45) is 0. The lowest BCUT2D eigenvalue weighted by Crippen LogP contribution is -2.07. The maximum Gasteiger partial charge on any atom is 0.0802 e. The van der Waals surface area contributed by atoms with Crippen molar-refractivity contribution in [3.05, 3.63) is 149 Å². The first-order valence-corrected chi connectivity index (χ1v) is 12.6. The van der Waals surface area contributed by atoms with Crippen molar-refractivity contribution in [3.8, 4) is 0 Å². The second-order valence-electron chi connectivity index (χ2n) is 9.41. The van der Waals surface area contributed by atoms with E-state index in [2.05, 4.69) is 153 Å². The molecule has 0 aliphatic carbocycles. The molecule has 0 unspecified atom stereocenters. The molecular formula is C34H31N3. The van der Waals surface area contributed by atoms with E-state index in [9.17, 15) is 0 Å². The van der Waals surface area contributed by atoms with Crippen LogP contribution in [0.15, 0.2) is 126 Å². The number of hydrogen-bond donors (Lipinski definition) is 2. The molecule has 5 aromatic carbocycles. The first-order valence-electron chi connectivity index (χ1n) is 12.6. The number of benzene rings is 5. The quantitative estimate of drug-likeness (QED) is 0.227. The van der Waals surface area contributed by atoms with Crippen molar-refractivity contribution >= 4 is 34.1 Å². The van der Waals surface area contributed by atoms with Gasteiger partial charge in [0, 0.05) is 33.9 Å². The first-order chi connectivity index (χ1) is 18.0. The number of anilines is 4. The Morgan fingerprint density at radius 2 is 1.11 bits per heavy atom. The molecule has 5 aromatic rings. The van der Waals surface area contributed by atoms with Gasteiger partial charge < -0.3 is 10.6 Å². The van der Waals surface area contributed by atoms with E-state index < -0.39 is 0 Å². The van der Waals surface area contributed by atoms with Crippen LogP contribution in [0.5, 0.6) is 0 Å². The predicted octanol–water partition coefficient (Wildman–Crippen LogP) is 9.27. The van der Waals surface area contributed by atoms with Gasteiger partial charge in [-0.05, 0) is 92.1 Å². The molecule has 0 aromatic heterocycles. The fourth-order valence-corrected chi connectivity index (χ4v) is 4.38. The molecule has 0 saturated carbocycles. The Morgan fingerprint density at radius 3 is 1.76 bits per heavy atom. The zero-order chi connectivity index (χ0) is 25.6. The Labute approximate surface area is 219 Å². The minimum Gasteiger partial charge on any atom is -0.356 e. The van der Waals surface area contributed by atoms with Gasteiger partial charge in [0.1, 0.15) is 0 Å². The zero-order valence-corrected chi connectivity index (χ0v) is 21.5. The second kappa shape index (κ2) is 11.0. The van der Waals surface area contributed by atoms with Crippen molar-refractivity contribution < 1.29 is 0 Å². The van der Waals surface area contributed by atoms with E-state index in [1.54, 1.807) is 0 Å². The molecule has 3 nitrogen and oxygen atoms in total. The number of rotatable bonds is 7. The van der Waals surface area contributed by atoms with Crippen LogP contribution >= 0.6 is 0 Å². The van der Waals surface area contributed by atoms with Crippen molar-refractivity contribution in [1.29, 1.82) is 0 Å². The molecule has 0 bridgehead atoms. The maximum absolute atomic E-state index is 5.16. The number of para-hydroxylation sites is 1. The Bertz CT molecular complexity index is 1550. The average molecular weight is 482 g/mol. The molecular weight excluding hydrogens is 450 g/mol. The normalized spacial score (nSPS) is 11.3. The smallest absolute Gasteiger partial charge is 0.0802 e. The molecule has 0 aliphatic rings. The molecule has 0 amide bonds. The third-order valence-electron chi connectivity index (χ3n) is 6.19. The first kappa shape index (κ1) is 24.1. The lowest BCUT2D eigenvalue weighted by molar-refractivity contribution is 1.41. The van der Waals surface area contributed by atoms with Crippen molar-refractivity contribution in [3.63, 3.8) is 0 Å². The van der Waals surface area contributed by atoms with Crippen molar-refractivity contribution in [1.82, 2.24) is 0 Å². The van der Waals surface area contributed by atoms with Crippen molar-refractivity contribution in [2.45, 2.75) is 20.8 Å². The van der Waals surface area contributed by atoms with E-state index in [0.29, 0.717) is 0 Å². The van der Waals surface area contributed by atoms with Gasteiger partial charge in [0.05, 0.1) is 11.4 Å². The molecule has 0 radical (unpaired) electrons. The SMILES string of the molecule is Cc1cccc(N=C(c2ccc(Nc3cccc(C)c3)cc2)c2ccccc2Nc2cccc(C)c2)c1. The summed E-state index contributed by atoms with van der Waals surface area (Å²) in [7, 11) is 0. The Morgan fingerprint density at radius 1 is 0.514 bits per heavy atom. The highest BCUT2D eigenvalue weighted by molar-refractivity contribution is 6.17. The number of nitrogens with one attached hydrogen (secondary N) is 2. The molecule has 182 valence electrons. The standard InChI is InChI=1S/C34H31N3/c1-24-9-6-12-29(21-24)35-28-19-17-27(18-20-28)34(37-31-14-8-11-26(3)23-31)32-15-4-5-16-33(32)36-30-13-7-10-25(2)22-30/h4-23,35-36H,1-3H3. The average Bonchev–Trinajstić information content (AvgIpc) is 2.89. The van der Waals surface area contributed by atoms with E-state index in [4.69, 9.17) is 4.99 Å². The summed E-state index contributed by atoms with van der Waals surface area (Å²) in [6.45, 7) is 6.30. The van der Waals surface area contributed by atoms with Gasteiger partial charge in [0.2, 0.25) is 0 Å². The van der Waals surface area contributed by atoms with Crippen molar-refractivity contribution in [2.24, 2.45) is 4.99 Å². The van der Waals surface area contributed by atoms with Gasteiger partial charge in [-0.25, -0.2) is 4.99 Å². The van der Waals surface area contributed by atoms with Crippen LogP contribution in [-0.2, 0) is 0 Å². The molecule has 0 heterocycles. The largest absolute Gasteiger partial charge is 0.356 e. The van der Waals surface area contributed by atoms with Gasteiger partial charge in [-0.1, -0.05) is 66.7 Å². The fraction of sp³-hybridized carbons (Fsp3) is 0.0882. The summed E-state index contributed by atoms with van der Waals surface area (Å²) in [4.78, 5) is 5.16. The molecule has 5 rings (SSSR count). The Hall–Kier alpha value is -4.63. The highest BCUT2D eigenvalue weighted by Crippen LogP contribution is 2.28. The van der Waals surface area contributed by atoms with Gasteiger partial charge in [0.15, 0.2) is 0 Å². The van der Waals surface area contributed by atoms with Crippen LogP contribution < -0.4 is 10.6 Å².